The van der Waals surface area contributed by atoms with Gasteiger partial charge in [-0.05, 0) is 30.4 Å². The minimum Gasteiger partial charge on any atom is -0.398 e. The van der Waals surface area contributed by atoms with Gasteiger partial charge in [-0.1, -0.05) is 19.9 Å². The third-order valence-electron chi connectivity index (χ3n) is 3.46. The van der Waals surface area contributed by atoms with Gasteiger partial charge in [-0.25, -0.2) is 12.8 Å². The third kappa shape index (κ3) is 2.74. The number of piperidine rings is 1. The van der Waals surface area contributed by atoms with Gasteiger partial charge in [0, 0.05) is 13.1 Å². The molecule has 0 saturated carbocycles. The average Bonchev–Trinajstić information content (AvgIpc) is 2.27. The van der Waals surface area contributed by atoms with Gasteiger partial charge in [-0.3, -0.25) is 0 Å². The molecule has 1 fully saturated rings. The summed E-state index contributed by atoms with van der Waals surface area (Å²) >= 11 is 0. The minimum atomic E-state index is -3.86. The van der Waals surface area contributed by atoms with E-state index in [1.807, 2.05) is 13.8 Å². The van der Waals surface area contributed by atoms with Gasteiger partial charge >= 0.3 is 0 Å². The van der Waals surface area contributed by atoms with Crippen LogP contribution in [0.25, 0.3) is 0 Å². The SMILES string of the molecule is CC1(C)CCCN(S(=O)(=O)c2c(N)cccc2F)C1. The largest absolute Gasteiger partial charge is 0.398 e. The number of rotatable bonds is 2. The van der Waals surface area contributed by atoms with Crippen molar-refractivity contribution in [1.82, 2.24) is 4.31 Å². The third-order valence-corrected chi connectivity index (χ3v) is 5.40. The molecule has 19 heavy (non-hydrogen) atoms. The lowest BCUT2D eigenvalue weighted by molar-refractivity contribution is 0.186. The summed E-state index contributed by atoms with van der Waals surface area (Å²) in [6.45, 7) is 4.83. The standard InChI is InChI=1S/C13H19FN2O2S/c1-13(2)7-4-8-16(9-13)19(17,18)12-10(14)5-3-6-11(12)15/h3,5-6H,4,7-9,15H2,1-2H3. The normalized spacial score (nSPS) is 20.4. The number of anilines is 1. The van der Waals surface area contributed by atoms with Gasteiger partial charge in [0.05, 0.1) is 5.69 Å². The first-order valence-electron chi connectivity index (χ1n) is 6.28. The predicted molar refractivity (Wildman–Crippen MR) is 72.6 cm³/mol. The molecule has 0 bridgehead atoms. The monoisotopic (exact) mass is 286 g/mol. The van der Waals surface area contributed by atoms with E-state index in [0.29, 0.717) is 13.1 Å². The summed E-state index contributed by atoms with van der Waals surface area (Å²) in [6, 6.07) is 3.94. The van der Waals surface area contributed by atoms with E-state index >= 15 is 0 Å². The first-order valence-corrected chi connectivity index (χ1v) is 7.72. The van der Waals surface area contributed by atoms with Crippen LogP contribution >= 0.6 is 0 Å². The van der Waals surface area contributed by atoms with E-state index in [9.17, 15) is 12.8 Å². The van der Waals surface area contributed by atoms with Crippen LogP contribution in [0.3, 0.4) is 0 Å². The maximum Gasteiger partial charge on any atom is 0.248 e. The van der Waals surface area contributed by atoms with E-state index in [4.69, 9.17) is 5.73 Å². The molecule has 4 nitrogen and oxygen atoms in total. The van der Waals surface area contributed by atoms with Crippen LogP contribution in [0.5, 0.6) is 0 Å². The van der Waals surface area contributed by atoms with Crippen molar-refractivity contribution in [3.8, 4) is 0 Å². The Labute approximate surface area is 113 Å². The Bertz CT molecular complexity index is 564. The molecule has 1 heterocycles. The predicted octanol–water partition coefficient (Wildman–Crippen LogP) is 2.22. The van der Waals surface area contributed by atoms with Gasteiger partial charge in [0.1, 0.15) is 10.7 Å². The minimum absolute atomic E-state index is 0.0385. The molecule has 6 heteroatoms. The maximum absolute atomic E-state index is 13.8. The van der Waals surface area contributed by atoms with Crippen LogP contribution in [0.2, 0.25) is 0 Å². The van der Waals surface area contributed by atoms with Gasteiger partial charge in [0.2, 0.25) is 10.0 Å². The van der Waals surface area contributed by atoms with E-state index in [1.54, 1.807) is 0 Å². The van der Waals surface area contributed by atoms with E-state index < -0.39 is 20.7 Å². The van der Waals surface area contributed by atoms with Crippen molar-refractivity contribution in [2.45, 2.75) is 31.6 Å². The van der Waals surface area contributed by atoms with Gasteiger partial charge in [0.15, 0.2) is 0 Å². The van der Waals surface area contributed by atoms with Crippen molar-refractivity contribution in [3.63, 3.8) is 0 Å². The summed E-state index contributed by atoms with van der Waals surface area (Å²) < 4.78 is 40.2. The van der Waals surface area contributed by atoms with Crippen LogP contribution in [0.4, 0.5) is 10.1 Å². The number of nitrogens with zero attached hydrogens (tertiary/aromatic N) is 1. The summed E-state index contributed by atoms with van der Waals surface area (Å²) in [5.74, 6) is -0.789. The lowest BCUT2D eigenvalue weighted by Gasteiger charge is -2.37. The first-order chi connectivity index (χ1) is 8.74. The second-order valence-electron chi connectivity index (χ2n) is 5.76. The molecule has 1 saturated heterocycles. The van der Waals surface area contributed by atoms with Crippen molar-refractivity contribution in [3.05, 3.63) is 24.0 Å². The van der Waals surface area contributed by atoms with Crippen LogP contribution in [-0.4, -0.2) is 25.8 Å². The average molecular weight is 286 g/mol. The zero-order valence-corrected chi connectivity index (χ0v) is 12.0. The number of nitrogens with two attached hydrogens (primary N) is 1. The molecule has 0 amide bonds. The van der Waals surface area contributed by atoms with E-state index in [0.717, 1.165) is 18.9 Å². The van der Waals surface area contributed by atoms with E-state index in [1.165, 1.54) is 16.4 Å². The molecule has 106 valence electrons. The molecular weight excluding hydrogens is 267 g/mol. The highest BCUT2D eigenvalue weighted by Gasteiger charge is 2.36. The highest BCUT2D eigenvalue weighted by atomic mass is 32.2. The first kappa shape index (κ1) is 14.3. The smallest absolute Gasteiger partial charge is 0.248 e. The zero-order chi connectivity index (χ0) is 14.3. The summed E-state index contributed by atoms with van der Waals surface area (Å²) in [5, 5.41) is 0. The van der Waals surface area contributed by atoms with Gasteiger partial charge in [-0.2, -0.15) is 4.31 Å². The van der Waals surface area contributed by atoms with Crippen molar-refractivity contribution in [2.24, 2.45) is 5.41 Å². The van der Waals surface area contributed by atoms with Crippen LogP contribution in [0.1, 0.15) is 26.7 Å². The molecule has 0 aliphatic carbocycles. The van der Waals surface area contributed by atoms with Gasteiger partial charge in [-0.15, -0.1) is 0 Å². The van der Waals surface area contributed by atoms with Crippen LogP contribution in [0, 0.1) is 11.2 Å². The van der Waals surface area contributed by atoms with Crippen LogP contribution < -0.4 is 5.73 Å². The lowest BCUT2D eigenvalue weighted by atomic mass is 9.85. The van der Waals surface area contributed by atoms with Crippen molar-refractivity contribution >= 4 is 15.7 Å². The van der Waals surface area contributed by atoms with E-state index in [-0.39, 0.29) is 11.1 Å². The number of hydrogen-bond donors (Lipinski definition) is 1. The molecule has 1 aliphatic rings. The molecule has 0 atom stereocenters. The molecule has 0 aromatic heterocycles. The Balaban J connectivity index is 2.43. The Hall–Kier alpha value is -1.14. The summed E-state index contributed by atoms with van der Waals surface area (Å²) in [5.41, 5.74) is 5.51. The number of nitrogen functional groups attached to an aromatic ring is 1. The van der Waals surface area contributed by atoms with E-state index in [2.05, 4.69) is 0 Å². The number of benzene rings is 1. The van der Waals surface area contributed by atoms with Gasteiger partial charge in [0.25, 0.3) is 0 Å². The van der Waals surface area contributed by atoms with Crippen LogP contribution in [0.15, 0.2) is 23.1 Å². The fourth-order valence-electron chi connectivity index (χ4n) is 2.50. The number of hydrogen-bond acceptors (Lipinski definition) is 3. The Morgan fingerprint density at radius 2 is 2.05 bits per heavy atom. The summed E-state index contributed by atoms with van der Waals surface area (Å²) in [4.78, 5) is -0.396. The molecule has 2 rings (SSSR count). The van der Waals surface area contributed by atoms with Crippen molar-refractivity contribution < 1.29 is 12.8 Å². The fourth-order valence-corrected chi connectivity index (χ4v) is 4.33. The number of sulfonamides is 1. The number of halogens is 1. The molecular formula is C13H19FN2O2S. The van der Waals surface area contributed by atoms with Crippen molar-refractivity contribution in [1.29, 1.82) is 0 Å². The molecule has 0 radical (unpaired) electrons. The van der Waals surface area contributed by atoms with Gasteiger partial charge < -0.3 is 5.73 Å². The lowest BCUT2D eigenvalue weighted by Crippen LogP contribution is -2.43. The molecule has 0 unspecified atom stereocenters. The molecule has 0 spiro atoms. The molecule has 1 aromatic carbocycles. The van der Waals surface area contributed by atoms with Crippen LogP contribution in [-0.2, 0) is 10.0 Å². The second-order valence-corrected chi connectivity index (χ2v) is 7.64. The van der Waals surface area contributed by atoms with Crippen molar-refractivity contribution in [2.75, 3.05) is 18.8 Å². The Morgan fingerprint density at radius 3 is 2.63 bits per heavy atom. The Kier molecular flexibility index (Phi) is 3.57. The fraction of sp³-hybridized carbons (Fsp3) is 0.538. The highest BCUT2D eigenvalue weighted by molar-refractivity contribution is 7.89. The Morgan fingerprint density at radius 1 is 1.37 bits per heavy atom. The molecule has 1 aliphatic heterocycles. The second kappa shape index (κ2) is 4.76. The summed E-state index contributed by atoms with van der Waals surface area (Å²) in [6.07, 6.45) is 1.74. The summed E-state index contributed by atoms with van der Waals surface area (Å²) in [7, 11) is -3.86. The molecule has 1 aromatic rings. The maximum atomic E-state index is 13.8. The zero-order valence-electron chi connectivity index (χ0n) is 11.2. The topological polar surface area (TPSA) is 63.4 Å². The highest BCUT2D eigenvalue weighted by Crippen LogP contribution is 2.33. The quantitative estimate of drug-likeness (QED) is 0.848. The molecule has 2 N–H and O–H groups in total.